The Morgan fingerprint density at radius 2 is 1.82 bits per heavy atom. The Bertz CT molecular complexity index is 686. The van der Waals surface area contributed by atoms with Gasteiger partial charge in [-0.3, -0.25) is 9.59 Å². The van der Waals surface area contributed by atoms with E-state index in [9.17, 15) is 9.59 Å². The monoisotopic (exact) mass is 359 g/mol. The molecule has 0 radical (unpaired) electrons. The number of hydrogen-bond donors (Lipinski definition) is 1. The normalized spacial score (nSPS) is 29.0. The zero-order valence-electron chi connectivity index (χ0n) is 12.3. The summed E-state index contributed by atoms with van der Waals surface area (Å²) in [6.07, 6.45) is 2.12. The van der Waals surface area contributed by atoms with Crippen molar-refractivity contribution in [2.45, 2.75) is 33.1 Å². The molecule has 0 spiro atoms. The standard InChI is InChI=1S/C16H16Cl3NO2/c1-15(2)8-3-4-16(7-8,13(15)21)14(22)20-12-6-10(18)9(17)5-11(12)19/h5-6,8H,3-4,7H2,1-2H3,(H,20,22). The summed E-state index contributed by atoms with van der Waals surface area (Å²) in [4.78, 5) is 25.5. The summed E-state index contributed by atoms with van der Waals surface area (Å²) < 4.78 is 0. The van der Waals surface area contributed by atoms with Gasteiger partial charge in [-0.2, -0.15) is 0 Å². The summed E-state index contributed by atoms with van der Waals surface area (Å²) in [7, 11) is 0. The SMILES string of the molecule is CC1(C)C(=O)C2(C(=O)Nc3cc(Cl)c(Cl)cc3Cl)CCC1C2. The summed E-state index contributed by atoms with van der Waals surface area (Å²) in [5.41, 5.74) is -0.975. The molecule has 0 saturated heterocycles. The summed E-state index contributed by atoms with van der Waals surface area (Å²) in [5.74, 6) is 0.0193. The van der Waals surface area contributed by atoms with Gasteiger partial charge in [0.25, 0.3) is 0 Å². The number of carbonyl (C=O) groups is 2. The number of hydrogen-bond acceptors (Lipinski definition) is 2. The third-order valence-electron chi connectivity index (χ3n) is 5.25. The van der Waals surface area contributed by atoms with Gasteiger partial charge in [0.05, 0.1) is 20.8 Å². The summed E-state index contributed by atoms with van der Waals surface area (Å²) in [6.45, 7) is 3.86. The predicted octanol–water partition coefficient (Wildman–Crippen LogP) is 4.98. The lowest BCUT2D eigenvalue weighted by atomic mass is 9.70. The van der Waals surface area contributed by atoms with E-state index in [4.69, 9.17) is 34.8 Å². The Kier molecular flexibility index (Phi) is 3.75. The van der Waals surface area contributed by atoms with Gasteiger partial charge >= 0.3 is 0 Å². The van der Waals surface area contributed by atoms with Crippen LogP contribution >= 0.6 is 34.8 Å². The fourth-order valence-corrected chi connectivity index (χ4v) is 4.43. The molecule has 2 unspecified atom stereocenters. The first kappa shape index (κ1) is 16.1. The molecule has 2 fully saturated rings. The molecule has 2 atom stereocenters. The topological polar surface area (TPSA) is 46.2 Å². The zero-order chi connectivity index (χ0) is 16.3. The number of nitrogens with one attached hydrogen (secondary N) is 1. The number of anilines is 1. The van der Waals surface area contributed by atoms with Gasteiger partial charge in [0.1, 0.15) is 5.41 Å². The van der Waals surface area contributed by atoms with E-state index >= 15 is 0 Å². The molecule has 2 aliphatic rings. The van der Waals surface area contributed by atoms with Crippen molar-refractivity contribution in [1.29, 1.82) is 0 Å². The molecular weight excluding hydrogens is 345 g/mol. The summed E-state index contributed by atoms with van der Waals surface area (Å²) in [5, 5.41) is 3.70. The van der Waals surface area contributed by atoms with Gasteiger partial charge in [-0.15, -0.1) is 0 Å². The summed E-state index contributed by atoms with van der Waals surface area (Å²) >= 11 is 18.0. The van der Waals surface area contributed by atoms with Crippen LogP contribution in [0.25, 0.3) is 0 Å². The fraction of sp³-hybridized carbons (Fsp3) is 0.500. The number of fused-ring (bicyclic) bond motifs is 2. The molecule has 2 aliphatic carbocycles. The molecule has 0 aliphatic heterocycles. The second-order valence-electron chi connectivity index (χ2n) is 6.77. The van der Waals surface area contributed by atoms with Crippen LogP contribution in [-0.2, 0) is 9.59 Å². The second-order valence-corrected chi connectivity index (χ2v) is 7.99. The average Bonchev–Trinajstić information content (AvgIpc) is 2.96. The molecule has 2 saturated carbocycles. The van der Waals surface area contributed by atoms with Crippen molar-refractivity contribution >= 4 is 52.2 Å². The Balaban J connectivity index is 1.90. The van der Waals surface area contributed by atoms with E-state index in [-0.39, 0.29) is 17.6 Å². The minimum atomic E-state index is -0.927. The molecule has 1 aromatic carbocycles. The number of carbonyl (C=O) groups excluding carboxylic acids is 2. The molecule has 1 aromatic rings. The third-order valence-corrected chi connectivity index (χ3v) is 6.28. The van der Waals surface area contributed by atoms with E-state index in [1.807, 2.05) is 13.8 Å². The number of Topliss-reactive ketones (excluding diaryl/α,β-unsaturated/α-hetero) is 1. The smallest absolute Gasteiger partial charge is 0.238 e. The van der Waals surface area contributed by atoms with Gasteiger partial charge in [-0.1, -0.05) is 48.7 Å². The third kappa shape index (κ3) is 2.17. The first-order valence-electron chi connectivity index (χ1n) is 7.19. The number of amides is 1. The first-order chi connectivity index (χ1) is 10.2. The molecule has 3 nitrogen and oxygen atoms in total. The van der Waals surface area contributed by atoms with Crippen molar-refractivity contribution in [2.75, 3.05) is 5.32 Å². The maximum Gasteiger partial charge on any atom is 0.238 e. The van der Waals surface area contributed by atoms with Gasteiger partial charge < -0.3 is 5.32 Å². The van der Waals surface area contributed by atoms with Crippen molar-refractivity contribution in [3.63, 3.8) is 0 Å². The largest absolute Gasteiger partial charge is 0.324 e. The molecule has 2 bridgehead atoms. The van der Waals surface area contributed by atoms with Crippen LogP contribution in [0.4, 0.5) is 5.69 Å². The highest BCUT2D eigenvalue weighted by Crippen LogP contribution is 2.60. The van der Waals surface area contributed by atoms with Crippen LogP contribution in [0.15, 0.2) is 12.1 Å². The Morgan fingerprint density at radius 1 is 1.18 bits per heavy atom. The van der Waals surface area contributed by atoms with E-state index in [0.717, 1.165) is 6.42 Å². The van der Waals surface area contributed by atoms with Crippen LogP contribution in [-0.4, -0.2) is 11.7 Å². The number of halogens is 3. The van der Waals surface area contributed by atoms with Gasteiger partial charge in [0.2, 0.25) is 5.91 Å². The minimum Gasteiger partial charge on any atom is -0.324 e. The highest BCUT2D eigenvalue weighted by atomic mass is 35.5. The van der Waals surface area contributed by atoms with E-state index in [1.54, 1.807) is 0 Å². The first-order valence-corrected chi connectivity index (χ1v) is 8.33. The summed E-state index contributed by atoms with van der Waals surface area (Å²) in [6, 6.07) is 2.99. The maximum atomic E-state index is 12.8. The van der Waals surface area contributed by atoms with Crippen molar-refractivity contribution < 1.29 is 9.59 Å². The molecule has 0 heterocycles. The lowest BCUT2D eigenvalue weighted by molar-refractivity contribution is -0.142. The van der Waals surface area contributed by atoms with E-state index in [1.165, 1.54) is 12.1 Å². The molecule has 6 heteroatoms. The van der Waals surface area contributed by atoms with Gasteiger partial charge in [0, 0.05) is 5.41 Å². The van der Waals surface area contributed by atoms with Gasteiger partial charge in [-0.25, -0.2) is 0 Å². The van der Waals surface area contributed by atoms with Crippen LogP contribution < -0.4 is 5.32 Å². The van der Waals surface area contributed by atoms with Crippen molar-refractivity contribution in [3.8, 4) is 0 Å². The lowest BCUT2D eigenvalue weighted by Crippen LogP contribution is -2.44. The van der Waals surface area contributed by atoms with Crippen molar-refractivity contribution in [2.24, 2.45) is 16.7 Å². The Hall–Kier alpha value is -0.770. The highest BCUT2D eigenvalue weighted by Gasteiger charge is 2.65. The molecular formula is C16H16Cl3NO2. The van der Waals surface area contributed by atoms with E-state index in [0.29, 0.717) is 33.6 Å². The molecule has 0 aromatic heterocycles. The predicted molar refractivity (Wildman–Crippen MR) is 88.7 cm³/mol. The number of rotatable bonds is 2. The Labute approximate surface area is 144 Å². The van der Waals surface area contributed by atoms with Crippen LogP contribution in [0.5, 0.6) is 0 Å². The minimum absolute atomic E-state index is 0.0323. The lowest BCUT2D eigenvalue weighted by Gasteiger charge is -2.32. The van der Waals surface area contributed by atoms with Gasteiger partial charge in [0.15, 0.2) is 5.78 Å². The molecule has 1 amide bonds. The Morgan fingerprint density at radius 3 is 2.41 bits per heavy atom. The average molecular weight is 361 g/mol. The van der Waals surface area contributed by atoms with Crippen molar-refractivity contribution in [3.05, 3.63) is 27.2 Å². The van der Waals surface area contributed by atoms with Crippen molar-refractivity contribution in [1.82, 2.24) is 0 Å². The van der Waals surface area contributed by atoms with Crippen LogP contribution in [0.1, 0.15) is 33.1 Å². The molecule has 118 valence electrons. The zero-order valence-corrected chi connectivity index (χ0v) is 14.6. The maximum absolute atomic E-state index is 12.8. The molecule has 1 N–H and O–H groups in total. The second kappa shape index (κ2) is 5.12. The van der Waals surface area contributed by atoms with E-state index in [2.05, 4.69) is 5.32 Å². The quantitative estimate of drug-likeness (QED) is 0.597. The number of benzene rings is 1. The van der Waals surface area contributed by atoms with Crippen LogP contribution in [0.2, 0.25) is 15.1 Å². The van der Waals surface area contributed by atoms with Crippen LogP contribution in [0.3, 0.4) is 0 Å². The van der Waals surface area contributed by atoms with Gasteiger partial charge in [-0.05, 0) is 37.3 Å². The number of ketones is 1. The molecule has 3 rings (SSSR count). The van der Waals surface area contributed by atoms with E-state index < -0.39 is 10.8 Å². The van der Waals surface area contributed by atoms with Crippen LogP contribution in [0, 0.1) is 16.7 Å². The molecule has 22 heavy (non-hydrogen) atoms. The highest BCUT2D eigenvalue weighted by molar-refractivity contribution is 6.44. The fourth-order valence-electron chi connectivity index (χ4n) is 3.84.